The van der Waals surface area contributed by atoms with Crippen LogP contribution in [0, 0.1) is 0 Å². The number of nitrogens with zero attached hydrogens (tertiary/aromatic N) is 4. The van der Waals surface area contributed by atoms with Gasteiger partial charge in [0.25, 0.3) is 5.91 Å². The summed E-state index contributed by atoms with van der Waals surface area (Å²) in [7, 11) is 1.84. The molecule has 2 amide bonds. The van der Waals surface area contributed by atoms with Crippen LogP contribution in [-0.4, -0.2) is 46.2 Å². The topological polar surface area (TPSA) is 92.2 Å². The summed E-state index contributed by atoms with van der Waals surface area (Å²) in [5.41, 5.74) is 3.29. The minimum Gasteiger partial charge on any atom is -0.360 e. The third-order valence-corrected chi connectivity index (χ3v) is 5.37. The SMILES string of the molecule is Cn1cc(-c2nc(C(=O)NCc3ccc(N4CCNC(=O)C4)cc3)cs2)cn1. The second-order valence-corrected chi connectivity index (χ2v) is 7.42. The molecule has 9 heteroatoms. The molecule has 3 heterocycles. The lowest BCUT2D eigenvalue weighted by Gasteiger charge is -2.28. The highest BCUT2D eigenvalue weighted by atomic mass is 32.1. The first-order valence-corrected chi connectivity index (χ1v) is 9.80. The van der Waals surface area contributed by atoms with E-state index in [0.717, 1.165) is 28.4 Å². The van der Waals surface area contributed by atoms with Crippen molar-refractivity contribution in [2.45, 2.75) is 6.54 Å². The van der Waals surface area contributed by atoms with E-state index in [2.05, 4.69) is 20.7 Å². The molecule has 8 nitrogen and oxygen atoms in total. The molecule has 4 rings (SSSR count). The Hall–Kier alpha value is -3.20. The Bertz CT molecular complexity index is 994. The van der Waals surface area contributed by atoms with Crippen molar-refractivity contribution in [3.8, 4) is 10.6 Å². The number of amides is 2. The maximum absolute atomic E-state index is 12.4. The Morgan fingerprint density at radius 1 is 1.32 bits per heavy atom. The molecule has 2 aromatic heterocycles. The number of aromatic nitrogens is 3. The first-order chi connectivity index (χ1) is 13.6. The summed E-state index contributed by atoms with van der Waals surface area (Å²) in [6.45, 7) is 2.24. The number of benzene rings is 1. The standard InChI is InChI=1S/C19H20N6O2S/c1-24-10-14(9-22-24)19-23-16(12-28-19)18(27)21-8-13-2-4-15(5-3-13)25-7-6-20-17(26)11-25/h2-5,9-10,12H,6-8,11H2,1H3,(H,20,26)(H,21,27). The zero-order chi connectivity index (χ0) is 19.5. The normalized spacial score (nSPS) is 14.0. The maximum atomic E-state index is 12.4. The van der Waals surface area contributed by atoms with Crippen LogP contribution < -0.4 is 15.5 Å². The molecule has 0 bridgehead atoms. The summed E-state index contributed by atoms with van der Waals surface area (Å²) >= 11 is 1.42. The van der Waals surface area contributed by atoms with Crippen molar-refractivity contribution >= 4 is 28.8 Å². The molecule has 3 aromatic rings. The second-order valence-electron chi connectivity index (χ2n) is 6.56. The minimum absolute atomic E-state index is 0.0384. The summed E-state index contributed by atoms with van der Waals surface area (Å²) in [6, 6.07) is 7.88. The molecule has 0 unspecified atom stereocenters. The fourth-order valence-electron chi connectivity index (χ4n) is 3.00. The smallest absolute Gasteiger partial charge is 0.271 e. The number of piperazine rings is 1. The Morgan fingerprint density at radius 2 is 2.14 bits per heavy atom. The van der Waals surface area contributed by atoms with Gasteiger partial charge >= 0.3 is 0 Å². The number of hydrogen-bond donors (Lipinski definition) is 2. The van der Waals surface area contributed by atoms with E-state index in [4.69, 9.17) is 0 Å². The lowest BCUT2D eigenvalue weighted by molar-refractivity contribution is -0.120. The number of nitrogens with one attached hydrogen (secondary N) is 2. The van der Waals surface area contributed by atoms with Crippen molar-refractivity contribution < 1.29 is 9.59 Å². The number of thiazole rings is 1. The molecule has 0 radical (unpaired) electrons. The van der Waals surface area contributed by atoms with Crippen molar-refractivity contribution in [3.63, 3.8) is 0 Å². The molecule has 28 heavy (non-hydrogen) atoms. The molecule has 0 saturated carbocycles. The molecule has 144 valence electrons. The fourth-order valence-corrected chi connectivity index (χ4v) is 3.77. The molecule has 1 aliphatic heterocycles. The van der Waals surface area contributed by atoms with Gasteiger partial charge in [0, 0.05) is 49.5 Å². The van der Waals surface area contributed by atoms with Gasteiger partial charge < -0.3 is 15.5 Å². The number of rotatable bonds is 5. The summed E-state index contributed by atoms with van der Waals surface area (Å²) in [4.78, 5) is 30.3. The van der Waals surface area contributed by atoms with Crippen molar-refractivity contribution in [2.24, 2.45) is 7.05 Å². The molecule has 1 saturated heterocycles. The third-order valence-electron chi connectivity index (χ3n) is 4.48. The quantitative estimate of drug-likeness (QED) is 0.680. The van der Waals surface area contributed by atoms with Crippen LogP contribution in [0.2, 0.25) is 0 Å². The minimum atomic E-state index is -0.205. The van der Waals surface area contributed by atoms with Crippen LogP contribution in [0.15, 0.2) is 42.0 Å². The van der Waals surface area contributed by atoms with Crippen LogP contribution in [0.4, 0.5) is 5.69 Å². The number of carbonyl (C=O) groups is 2. The average Bonchev–Trinajstić information content (AvgIpc) is 3.36. The first-order valence-electron chi connectivity index (χ1n) is 8.92. The van der Waals surface area contributed by atoms with Gasteiger partial charge in [-0.1, -0.05) is 12.1 Å². The predicted molar refractivity (Wildman–Crippen MR) is 107 cm³/mol. The van der Waals surface area contributed by atoms with Gasteiger partial charge in [0.1, 0.15) is 10.7 Å². The van der Waals surface area contributed by atoms with Crippen LogP contribution in [0.3, 0.4) is 0 Å². The van der Waals surface area contributed by atoms with Crippen LogP contribution in [0.25, 0.3) is 10.6 Å². The highest BCUT2D eigenvalue weighted by Gasteiger charge is 2.16. The monoisotopic (exact) mass is 396 g/mol. The molecule has 1 aliphatic rings. The summed E-state index contributed by atoms with van der Waals surface area (Å²) < 4.78 is 1.70. The van der Waals surface area contributed by atoms with E-state index in [1.807, 2.05) is 42.4 Å². The number of hydrogen-bond acceptors (Lipinski definition) is 6. The fraction of sp³-hybridized carbons (Fsp3) is 0.263. The van der Waals surface area contributed by atoms with Crippen molar-refractivity contribution in [2.75, 3.05) is 24.5 Å². The van der Waals surface area contributed by atoms with Gasteiger partial charge in [-0.05, 0) is 17.7 Å². The van der Waals surface area contributed by atoms with E-state index in [9.17, 15) is 9.59 Å². The van der Waals surface area contributed by atoms with Crippen LogP contribution in [0.1, 0.15) is 16.1 Å². The van der Waals surface area contributed by atoms with Gasteiger partial charge in [0.2, 0.25) is 5.91 Å². The number of carbonyl (C=O) groups excluding carboxylic acids is 2. The van der Waals surface area contributed by atoms with E-state index in [1.54, 1.807) is 16.3 Å². The van der Waals surface area contributed by atoms with Gasteiger partial charge in [0.15, 0.2) is 0 Å². The molecule has 1 aromatic carbocycles. The molecular formula is C19H20N6O2S. The average molecular weight is 396 g/mol. The highest BCUT2D eigenvalue weighted by molar-refractivity contribution is 7.13. The first kappa shape index (κ1) is 18.2. The molecule has 1 fully saturated rings. The van der Waals surface area contributed by atoms with Gasteiger partial charge in [0.05, 0.1) is 12.7 Å². The van der Waals surface area contributed by atoms with Crippen molar-refractivity contribution in [1.29, 1.82) is 0 Å². The van der Waals surface area contributed by atoms with Crippen molar-refractivity contribution in [1.82, 2.24) is 25.4 Å². The summed E-state index contributed by atoms with van der Waals surface area (Å²) in [6.07, 6.45) is 3.60. The molecule has 0 aliphatic carbocycles. The van der Waals surface area contributed by atoms with Gasteiger partial charge in [-0.3, -0.25) is 14.3 Å². The van der Waals surface area contributed by atoms with E-state index in [0.29, 0.717) is 25.3 Å². The summed E-state index contributed by atoms with van der Waals surface area (Å²) in [5.74, 6) is -0.167. The van der Waals surface area contributed by atoms with Gasteiger partial charge in [-0.2, -0.15) is 5.10 Å². The lowest BCUT2D eigenvalue weighted by atomic mass is 10.2. The van der Waals surface area contributed by atoms with Crippen LogP contribution >= 0.6 is 11.3 Å². The van der Waals surface area contributed by atoms with Crippen LogP contribution in [0.5, 0.6) is 0 Å². The Morgan fingerprint density at radius 3 is 2.86 bits per heavy atom. The van der Waals surface area contributed by atoms with Crippen molar-refractivity contribution in [3.05, 3.63) is 53.3 Å². The Balaban J connectivity index is 1.34. The maximum Gasteiger partial charge on any atom is 0.271 e. The lowest BCUT2D eigenvalue weighted by Crippen LogP contribution is -2.47. The largest absolute Gasteiger partial charge is 0.360 e. The molecule has 0 spiro atoms. The number of aryl methyl sites for hydroxylation is 1. The Labute approximate surface area is 166 Å². The predicted octanol–water partition coefficient (Wildman–Crippen LogP) is 1.41. The van der Waals surface area contributed by atoms with Crippen LogP contribution in [-0.2, 0) is 18.4 Å². The van der Waals surface area contributed by atoms with Gasteiger partial charge in [-0.15, -0.1) is 11.3 Å². The summed E-state index contributed by atoms with van der Waals surface area (Å²) in [5, 5.41) is 12.4. The number of anilines is 1. The molecule has 2 N–H and O–H groups in total. The zero-order valence-electron chi connectivity index (χ0n) is 15.4. The second kappa shape index (κ2) is 7.81. The third kappa shape index (κ3) is 4.04. The molecule has 0 atom stereocenters. The van der Waals surface area contributed by atoms with E-state index in [1.165, 1.54) is 11.3 Å². The van der Waals surface area contributed by atoms with E-state index in [-0.39, 0.29) is 11.8 Å². The Kier molecular flexibility index (Phi) is 5.07. The zero-order valence-corrected chi connectivity index (χ0v) is 16.2. The van der Waals surface area contributed by atoms with E-state index >= 15 is 0 Å². The van der Waals surface area contributed by atoms with Gasteiger partial charge in [-0.25, -0.2) is 4.98 Å². The van der Waals surface area contributed by atoms with E-state index < -0.39 is 0 Å². The highest BCUT2D eigenvalue weighted by Crippen LogP contribution is 2.23. The molecular weight excluding hydrogens is 376 g/mol.